The molecule has 178 valence electrons. The average molecular weight is 480 g/mol. The molecule has 1 aromatic carbocycles. The molecule has 4 aromatic heterocycles. The molecule has 9 nitrogen and oxygen atoms in total. The number of aromatic nitrogens is 7. The van der Waals surface area contributed by atoms with Gasteiger partial charge in [0, 0.05) is 17.3 Å². The standard InChI is InChI=1S/C23H19F3N8O/c1-12-3-5-20(31-30-12)28-16-9-17-19(8-15(16)24)33(11-27-17)21-6-4-14(10-35)23(29-21)34-13(2)7-18(32-34)22(25)26/h3-9,11,22,35H,10H2,1-2H3,(H,28,31). The summed E-state index contributed by atoms with van der Waals surface area (Å²) in [5.74, 6) is 0.376. The minimum absolute atomic E-state index is 0.178. The summed E-state index contributed by atoms with van der Waals surface area (Å²) in [4.78, 5) is 8.88. The molecule has 0 saturated carbocycles. The van der Waals surface area contributed by atoms with Crippen LogP contribution in [0.5, 0.6) is 0 Å². The van der Waals surface area contributed by atoms with Crippen molar-refractivity contribution >= 4 is 22.5 Å². The number of nitrogens with one attached hydrogen (secondary N) is 1. The Balaban J connectivity index is 1.56. The number of imidazole rings is 1. The highest BCUT2D eigenvalue weighted by Crippen LogP contribution is 2.27. The molecular weight excluding hydrogens is 461 g/mol. The lowest BCUT2D eigenvalue weighted by atomic mass is 10.2. The topological polar surface area (TPSA) is 107 Å². The number of aliphatic hydroxyl groups is 1. The van der Waals surface area contributed by atoms with E-state index in [-0.39, 0.29) is 18.1 Å². The van der Waals surface area contributed by atoms with Crippen molar-refractivity contribution in [3.63, 3.8) is 0 Å². The predicted octanol–water partition coefficient (Wildman–Crippen LogP) is 4.33. The lowest BCUT2D eigenvalue weighted by molar-refractivity contribution is 0.145. The van der Waals surface area contributed by atoms with Gasteiger partial charge in [-0.05, 0) is 50.2 Å². The molecule has 0 aliphatic heterocycles. The van der Waals surface area contributed by atoms with Crippen molar-refractivity contribution in [1.29, 1.82) is 0 Å². The van der Waals surface area contributed by atoms with Crippen LogP contribution < -0.4 is 5.32 Å². The summed E-state index contributed by atoms with van der Waals surface area (Å²) in [5.41, 5.74) is 2.25. The molecular formula is C23H19F3N8O. The average Bonchev–Trinajstić information content (AvgIpc) is 3.43. The van der Waals surface area contributed by atoms with Crippen LogP contribution >= 0.6 is 0 Å². The maximum Gasteiger partial charge on any atom is 0.282 e. The summed E-state index contributed by atoms with van der Waals surface area (Å²) >= 11 is 0. The molecule has 0 saturated heterocycles. The molecule has 5 aromatic rings. The number of nitrogens with zero attached hydrogens (tertiary/aromatic N) is 7. The van der Waals surface area contributed by atoms with Gasteiger partial charge in [-0.25, -0.2) is 27.8 Å². The third kappa shape index (κ3) is 4.19. The van der Waals surface area contributed by atoms with E-state index in [1.807, 2.05) is 0 Å². The van der Waals surface area contributed by atoms with E-state index in [0.717, 1.165) is 5.69 Å². The fourth-order valence-corrected chi connectivity index (χ4v) is 3.64. The van der Waals surface area contributed by atoms with Crippen molar-refractivity contribution in [3.05, 3.63) is 77.3 Å². The lowest BCUT2D eigenvalue weighted by Crippen LogP contribution is -2.09. The Labute approximate surface area is 196 Å². The van der Waals surface area contributed by atoms with Gasteiger partial charge in [0.05, 0.1) is 29.0 Å². The highest BCUT2D eigenvalue weighted by Gasteiger charge is 2.19. The summed E-state index contributed by atoms with van der Waals surface area (Å²) in [5, 5.41) is 24.5. The van der Waals surface area contributed by atoms with Crippen LogP contribution in [0.2, 0.25) is 0 Å². The third-order valence-corrected chi connectivity index (χ3v) is 5.39. The second kappa shape index (κ2) is 8.80. The van der Waals surface area contributed by atoms with Gasteiger partial charge in [-0.15, -0.1) is 5.10 Å². The van der Waals surface area contributed by atoms with Gasteiger partial charge in [-0.3, -0.25) is 4.57 Å². The summed E-state index contributed by atoms with van der Waals surface area (Å²) in [6.45, 7) is 3.04. The zero-order valence-electron chi connectivity index (χ0n) is 18.6. The number of pyridine rings is 1. The maximum atomic E-state index is 15.0. The number of hydrogen-bond donors (Lipinski definition) is 2. The monoisotopic (exact) mass is 480 g/mol. The molecule has 0 fully saturated rings. The smallest absolute Gasteiger partial charge is 0.282 e. The van der Waals surface area contributed by atoms with Crippen molar-refractivity contribution in [1.82, 2.24) is 34.5 Å². The van der Waals surface area contributed by atoms with Crippen LogP contribution in [-0.2, 0) is 6.61 Å². The van der Waals surface area contributed by atoms with Crippen LogP contribution in [0.15, 0.2) is 48.8 Å². The van der Waals surface area contributed by atoms with Crippen LogP contribution in [0.4, 0.5) is 24.7 Å². The Hall–Kier alpha value is -4.32. The minimum Gasteiger partial charge on any atom is -0.392 e. The van der Waals surface area contributed by atoms with Crippen molar-refractivity contribution in [2.24, 2.45) is 0 Å². The van der Waals surface area contributed by atoms with E-state index in [0.29, 0.717) is 33.9 Å². The molecule has 0 aliphatic carbocycles. The number of rotatable bonds is 6. The normalized spacial score (nSPS) is 11.5. The minimum atomic E-state index is -2.75. The molecule has 0 atom stereocenters. The van der Waals surface area contributed by atoms with Crippen molar-refractivity contribution in [2.45, 2.75) is 26.9 Å². The first-order valence-corrected chi connectivity index (χ1v) is 10.5. The van der Waals surface area contributed by atoms with Gasteiger partial charge in [-0.1, -0.05) is 0 Å². The first kappa shape index (κ1) is 22.5. The summed E-state index contributed by atoms with van der Waals surface area (Å²) in [6.07, 6.45) is -1.27. The molecule has 0 bridgehead atoms. The molecule has 0 spiro atoms. The van der Waals surface area contributed by atoms with Crippen LogP contribution in [0, 0.1) is 19.7 Å². The third-order valence-electron chi connectivity index (χ3n) is 5.39. The number of benzene rings is 1. The number of hydrogen-bond acceptors (Lipinski definition) is 7. The number of aliphatic hydroxyl groups excluding tert-OH is 1. The predicted molar refractivity (Wildman–Crippen MR) is 122 cm³/mol. The molecule has 12 heteroatoms. The zero-order chi connectivity index (χ0) is 24.7. The first-order chi connectivity index (χ1) is 16.8. The van der Waals surface area contributed by atoms with Crippen molar-refractivity contribution in [3.8, 4) is 11.6 Å². The van der Waals surface area contributed by atoms with Gasteiger partial charge in [0.15, 0.2) is 11.6 Å². The van der Waals surface area contributed by atoms with E-state index in [1.165, 1.54) is 29.2 Å². The Morgan fingerprint density at radius 3 is 2.57 bits per heavy atom. The quantitative estimate of drug-likeness (QED) is 0.373. The van der Waals surface area contributed by atoms with E-state index < -0.39 is 17.9 Å². The summed E-state index contributed by atoms with van der Waals surface area (Å²) in [7, 11) is 0. The van der Waals surface area contributed by atoms with E-state index in [9.17, 15) is 18.3 Å². The number of fused-ring (bicyclic) bond motifs is 1. The number of aryl methyl sites for hydroxylation is 2. The van der Waals surface area contributed by atoms with Crippen LogP contribution in [0.3, 0.4) is 0 Å². The number of halogens is 3. The fraction of sp³-hybridized carbons (Fsp3) is 0.174. The Morgan fingerprint density at radius 1 is 1.06 bits per heavy atom. The highest BCUT2D eigenvalue weighted by atomic mass is 19.3. The highest BCUT2D eigenvalue weighted by molar-refractivity contribution is 5.82. The van der Waals surface area contributed by atoms with Crippen LogP contribution in [-0.4, -0.2) is 39.6 Å². The Morgan fingerprint density at radius 2 is 1.89 bits per heavy atom. The maximum absolute atomic E-state index is 15.0. The van der Waals surface area contributed by atoms with Gasteiger partial charge >= 0.3 is 0 Å². The lowest BCUT2D eigenvalue weighted by Gasteiger charge is -2.12. The SMILES string of the molecule is Cc1ccc(Nc2cc3ncn(-c4ccc(CO)c(-n5nc(C(F)F)cc5C)n4)c3cc2F)nn1. The summed E-state index contributed by atoms with van der Waals surface area (Å²) in [6, 6.07) is 10.8. The second-order valence-corrected chi connectivity index (χ2v) is 7.85. The van der Waals surface area contributed by atoms with Gasteiger partial charge in [0.25, 0.3) is 6.43 Å². The van der Waals surface area contributed by atoms with Gasteiger partial charge < -0.3 is 10.4 Å². The molecule has 2 N–H and O–H groups in total. The van der Waals surface area contributed by atoms with E-state index in [2.05, 4.69) is 30.6 Å². The molecule has 0 unspecified atom stereocenters. The van der Waals surface area contributed by atoms with Crippen LogP contribution in [0.25, 0.3) is 22.7 Å². The number of anilines is 2. The van der Waals surface area contributed by atoms with E-state index in [4.69, 9.17) is 0 Å². The Bertz CT molecular complexity index is 1530. The van der Waals surface area contributed by atoms with Crippen LogP contribution in [0.1, 0.15) is 29.1 Å². The molecule has 4 heterocycles. The molecule has 0 aliphatic rings. The van der Waals surface area contributed by atoms with E-state index >= 15 is 0 Å². The first-order valence-electron chi connectivity index (χ1n) is 10.5. The van der Waals surface area contributed by atoms with Gasteiger partial charge in [0.1, 0.15) is 23.7 Å². The molecule has 5 rings (SSSR count). The number of alkyl halides is 2. The zero-order valence-corrected chi connectivity index (χ0v) is 18.6. The summed E-state index contributed by atoms with van der Waals surface area (Å²) < 4.78 is 44.1. The van der Waals surface area contributed by atoms with Gasteiger partial charge in [-0.2, -0.15) is 10.2 Å². The fourth-order valence-electron chi connectivity index (χ4n) is 3.64. The molecule has 0 radical (unpaired) electrons. The van der Waals surface area contributed by atoms with Crippen molar-refractivity contribution < 1.29 is 18.3 Å². The van der Waals surface area contributed by atoms with Crippen molar-refractivity contribution in [2.75, 3.05) is 5.32 Å². The van der Waals surface area contributed by atoms with Gasteiger partial charge in [0.2, 0.25) is 0 Å². The van der Waals surface area contributed by atoms with E-state index in [1.54, 1.807) is 42.7 Å². The Kier molecular flexibility index (Phi) is 5.65. The second-order valence-electron chi connectivity index (χ2n) is 7.85. The molecule has 0 amide bonds. The molecule has 35 heavy (non-hydrogen) atoms. The largest absolute Gasteiger partial charge is 0.392 e.